The molecule has 4 N–H and O–H groups in total. The maximum absolute atomic E-state index is 11.7. The number of nitrogens with one attached hydrogen (secondary N) is 2. The molecule has 21 heavy (non-hydrogen) atoms. The Hall–Kier alpha value is -2.41. The average Bonchev–Trinajstić information content (AvgIpc) is 2.35. The van der Waals surface area contributed by atoms with E-state index in [0.717, 1.165) is 0 Å². The lowest BCUT2D eigenvalue weighted by molar-refractivity contribution is -0.141. The number of carbonyl (C=O) groups is 3. The van der Waals surface area contributed by atoms with Gasteiger partial charge in [-0.2, -0.15) is 0 Å². The monoisotopic (exact) mass is 294 g/mol. The van der Waals surface area contributed by atoms with Crippen molar-refractivity contribution in [1.29, 1.82) is 0 Å². The molecule has 0 heterocycles. The predicted octanol–water partition coefficient (Wildman–Crippen LogP) is 1.24. The van der Waals surface area contributed by atoms with Gasteiger partial charge in [0, 0.05) is 17.8 Å². The molecule has 0 saturated carbocycles. The van der Waals surface area contributed by atoms with Crippen molar-refractivity contribution in [3.8, 4) is 0 Å². The number of Topliss-reactive ketones (excluding diaryl/α,β-unsaturated/α-hetero) is 1. The first kappa shape index (κ1) is 16.6. The highest BCUT2D eigenvalue weighted by atomic mass is 16.4. The predicted molar refractivity (Wildman–Crippen MR) is 76.3 cm³/mol. The molecule has 1 aromatic rings. The number of carbonyl (C=O) groups excluding carboxylic acids is 2. The maximum atomic E-state index is 11.7. The lowest BCUT2D eigenvalue weighted by Crippen LogP contribution is -2.43. The molecule has 114 valence electrons. The second-order valence-electron chi connectivity index (χ2n) is 5.01. The highest BCUT2D eigenvalue weighted by molar-refractivity contribution is 5.96. The minimum atomic E-state index is -1.54. The highest BCUT2D eigenvalue weighted by Gasteiger charge is 2.24. The maximum Gasteiger partial charge on any atom is 0.319 e. The molecule has 0 aliphatic carbocycles. The van der Waals surface area contributed by atoms with Crippen LogP contribution in [0.25, 0.3) is 0 Å². The highest BCUT2D eigenvalue weighted by Crippen LogP contribution is 2.11. The standard InChI is InChI=1S/C14H18N2O5/c1-9(17)10-4-3-5-11(6-10)16-13(20)15-8-14(2,21)7-12(18)19/h3-6,21H,7-8H2,1-2H3,(H,18,19)(H2,15,16,20). The second kappa shape index (κ2) is 6.85. The van der Waals surface area contributed by atoms with Crippen molar-refractivity contribution in [2.45, 2.75) is 25.9 Å². The van der Waals surface area contributed by atoms with E-state index in [1.807, 2.05) is 0 Å². The Bertz CT molecular complexity index is 554. The van der Waals surface area contributed by atoms with Crippen molar-refractivity contribution in [3.05, 3.63) is 29.8 Å². The lowest BCUT2D eigenvalue weighted by Gasteiger charge is -2.21. The number of ketones is 1. The van der Waals surface area contributed by atoms with Gasteiger partial charge in [0.05, 0.1) is 12.0 Å². The number of carboxylic acid groups (broad SMARTS) is 1. The molecular formula is C14H18N2O5. The van der Waals surface area contributed by atoms with Crippen LogP contribution in [-0.4, -0.2) is 40.1 Å². The van der Waals surface area contributed by atoms with Crippen LogP contribution in [-0.2, 0) is 4.79 Å². The number of aliphatic carboxylic acids is 1. The van der Waals surface area contributed by atoms with E-state index in [4.69, 9.17) is 5.11 Å². The molecule has 0 bridgehead atoms. The zero-order chi connectivity index (χ0) is 16.0. The van der Waals surface area contributed by atoms with E-state index in [-0.39, 0.29) is 12.3 Å². The zero-order valence-electron chi connectivity index (χ0n) is 11.8. The molecular weight excluding hydrogens is 276 g/mol. The van der Waals surface area contributed by atoms with Crippen LogP contribution < -0.4 is 10.6 Å². The van der Waals surface area contributed by atoms with E-state index in [9.17, 15) is 19.5 Å². The minimum Gasteiger partial charge on any atom is -0.481 e. The van der Waals surface area contributed by atoms with E-state index < -0.39 is 24.0 Å². The number of rotatable bonds is 6. The molecule has 0 aliphatic rings. The number of anilines is 1. The summed E-state index contributed by atoms with van der Waals surface area (Å²) in [5.41, 5.74) is -0.645. The number of urea groups is 1. The molecule has 2 amide bonds. The van der Waals surface area contributed by atoms with Gasteiger partial charge in [-0.3, -0.25) is 9.59 Å². The molecule has 7 heteroatoms. The number of carboxylic acids is 1. The van der Waals surface area contributed by atoms with Crippen LogP contribution in [0.1, 0.15) is 30.6 Å². The summed E-state index contributed by atoms with van der Waals surface area (Å²) in [6.45, 7) is 2.53. The second-order valence-corrected chi connectivity index (χ2v) is 5.01. The van der Waals surface area contributed by atoms with Gasteiger partial charge in [-0.25, -0.2) is 4.79 Å². The van der Waals surface area contributed by atoms with Gasteiger partial charge in [0.1, 0.15) is 0 Å². The van der Waals surface area contributed by atoms with Gasteiger partial charge < -0.3 is 20.8 Å². The van der Waals surface area contributed by atoms with Gasteiger partial charge in [-0.1, -0.05) is 12.1 Å². The van der Waals surface area contributed by atoms with Crippen LogP contribution in [0.5, 0.6) is 0 Å². The van der Waals surface area contributed by atoms with Crippen molar-refractivity contribution < 1.29 is 24.6 Å². The van der Waals surface area contributed by atoms with Crippen molar-refractivity contribution in [3.63, 3.8) is 0 Å². The normalized spacial score (nSPS) is 13.1. The molecule has 1 unspecified atom stereocenters. The molecule has 0 aliphatic heterocycles. The number of amides is 2. The first-order valence-electron chi connectivity index (χ1n) is 6.30. The van der Waals surface area contributed by atoms with Gasteiger partial charge in [0.15, 0.2) is 5.78 Å². The molecule has 0 aromatic heterocycles. The van der Waals surface area contributed by atoms with Crippen LogP contribution in [0.2, 0.25) is 0 Å². The van der Waals surface area contributed by atoms with Crippen molar-refractivity contribution in [1.82, 2.24) is 5.32 Å². The Morgan fingerprint density at radius 2 is 1.95 bits per heavy atom. The van der Waals surface area contributed by atoms with Crippen LogP contribution in [0.3, 0.4) is 0 Å². The molecule has 0 spiro atoms. The summed E-state index contributed by atoms with van der Waals surface area (Å²) in [6, 6.07) is 5.80. The summed E-state index contributed by atoms with van der Waals surface area (Å²) < 4.78 is 0. The van der Waals surface area contributed by atoms with Crippen LogP contribution >= 0.6 is 0 Å². The number of aliphatic hydroxyl groups is 1. The minimum absolute atomic E-state index is 0.122. The van der Waals surface area contributed by atoms with Gasteiger partial charge in [-0.15, -0.1) is 0 Å². The fourth-order valence-corrected chi connectivity index (χ4v) is 1.65. The fourth-order valence-electron chi connectivity index (χ4n) is 1.65. The summed E-state index contributed by atoms with van der Waals surface area (Å²) in [4.78, 5) is 33.4. The third-order valence-corrected chi connectivity index (χ3v) is 2.69. The van der Waals surface area contributed by atoms with E-state index in [1.54, 1.807) is 18.2 Å². The Morgan fingerprint density at radius 1 is 1.29 bits per heavy atom. The van der Waals surface area contributed by atoms with E-state index >= 15 is 0 Å². The quantitative estimate of drug-likeness (QED) is 0.589. The van der Waals surface area contributed by atoms with E-state index in [0.29, 0.717) is 11.3 Å². The van der Waals surface area contributed by atoms with Crippen LogP contribution in [0.15, 0.2) is 24.3 Å². The number of hydrogen-bond acceptors (Lipinski definition) is 4. The smallest absolute Gasteiger partial charge is 0.319 e. The summed E-state index contributed by atoms with van der Waals surface area (Å²) in [6.07, 6.45) is -0.479. The van der Waals surface area contributed by atoms with E-state index in [2.05, 4.69) is 10.6 Å². The molecule has 1 atom stereocenters. The summed E-state index contributed by atoms with van der Waals surface area (Å²) in [5, 5.41) is 23.2. The van der Waals surface area contributed by atoms with Gasteiger partial charge >= 0.3 is 12.0 Å². The number of hydrogen-bond donors (Lipinski definition) is 4. The Morgan fingerprint density at radius 3 is 2.52 bits per heavy atom. The summed E-state index contributed by atoms with van der Waals surface area (Å²) in [5.74, 6) is -1.28. The van der Waals surface area contributed by atoms with Crippen LogP contribution in [0, 0.1) is 0 Å². The van der Waals surface area contributed by atoms with Gasteiger partial charge in [0.25, 0.3) is 0 Å². The summed E-state index contributed by atoms with van der Waals surface area (Å²) in [7, 11) is 0. The Balaban J connectivity index is 2.56. The van der Waals surface area contributed by atoms with Crippen LogP contribution in [0.4, 0.5) is 10.5 Å². The first-order valence-corrected chi connectivity index (χ1v) is 6.30. The molecule has 1 aromatic carbocycles. The molecule has 1 rings (SSSR count). The Labute approximate surface area is 122 Å². The van der Waals surface area contributed by atoms with E-state index in [1.165, 1.54) is 19.9 Å². The number of benzene rings is 1. The topological polar surface area (TPSA) is 116 Å². The average molecular weight is 294 g/mol. The third-order valence-electron chi connectivity index (χ3n) is 2.69. The SMILES string of the molecule is CC(=O)c1cccc(NC(=O)NCC(C)(O)CC(=O)O)c1. The largest absolute Gasteiger partial charge is 0.481 e. The van der Waals surface area contributed by atoms with Gasteiger partial charge in [0.2, 0.25) is 0 Å². The molecule has 7 nitrogen and oxygen atoms in total. The van der Waals surface area contributed by atoms with Crippen molar-refractivity contribution in [2.24, 2.45) is 0 Å². The molecule has 0 fully saturated rings. The molecule has 0 saturated heterocycles. The van der Waals surface area contributed by atoms with Gasteiger partial charge in [-0.05, 0) is 26.0 Å². The molecule has 0 radical (unpaired) electrons. The Kier molecular flexibility index (Phi) is 5.43. The van der Waals surface area contributed by atoms with Crippen molar-refractivity contribution >= 4 is 23.5 Å². The lowest BCUT2D eigenvalue weighted by atomic mass is 10.0. The first-order chi connectivity index (χ1) is 9.69. The van der Waals surface area contributed by atoms with Crippen molar-refractivity contribution in [2.75, 3.05) is 11.9 Å². The third kappa shape index (κ3) is 6.05. The zero-order valence-corrected chi connectivity index (χ0v) is 11.8. The fraction of sp³-hybridized carbons (Fsp3) is 0.357. The summed E-state index contributed by atoms with van der Waals surface area (Å²) >= 11 is 0.